The minimum absolute atomic E-state index is 0.167. The third-order valence-corrected chi connectivity index (χ3v) is 6.61. The molecular formula is C21H16Cl3NO4. The molecule has 6 rings (SSSR count). The topological polar surface area (TPSA) is 40.2 Å². The molecule has 0 saturated heterocycles. The van der Waals surface area contributed by atoms with E-state index in [9.17, 15) is 0 Å². The van der Waals surface area contributed by atoms with Crippen LogP contribution in [0.4, 0.5) is 0 Å². The number of halogens is 3. The highest BCUT2D eigenvalue weighted by Gasteiger charge is 2.48. The average molecular weight is 453 g/mol. The zero-order valence-corrected chi connectivity index (χ0v) is 17.7. The Bertz CT molecular complexity index is 1090. The minimum atomic E-state index is -1.56. The van der Waals surface area contributed by atoms with Gasteiger partial charge in [-0.15, -0.1) is 0 Å². The van der Waals surface area contributed by atoms with Crippen LogP contribution < -0.4 is 18.9 Å². The van der Waals surface area contributed by atoms with Gasteiger partial charge in [0.25, 0.3) is 0 Å². The van der Waals surface area contributed by atoms with Gasteiger partial charge in [-0.3, -0.25) is 0 Å². The average Bonchev–Trinajstić information content (AvgIpc) is 3.33. The van der Waals surface area contributed by atoms with Crippen molar-refractivity contribution < 1.29 is 18.9 Å². The first-order valence-electron chi connectivity index (χ1n) is 9.33. The molecule has 0 bridgehead atoms. The highest BCUT2D eigenvalue weighted by Crippen LogP contribution is 2.58. The highest BCUT2D eigenvalue weighted by molar-refractivity contribution is 6.68. The van der Waals surface area contributed by atoms with Gasteiger partial charge in [0.1, 0.15) is 6.04 Å². The molecule has 150 valence electrons. The second kappa shape index (κ2) is 6.03. The third-order valence-electron chi connectivity index (χ3n) is 5.99. The van der Waals surface area contributed by atoms with Gasteiger partial charge < -0.3 is 23.8 Å². The van der Waals surface area contributed by atoms with Gasteiger partial charge in [0.15, 0.2) is 23.0 Å². The van der Waals surface area contributed by atoms with Crippen LogP contribution in [0.25, 0.3) is 11.3 Å². The van der Waals surface area contributed by atoms with E-state index in [0.29, 0.717) is 18.0 Å². The molecule has 8 heteroatoms. The predicted molar refractivity (Wildman–Crippen MR) is 111 cm³/mol. The number of benzene rings is 2. The van der Waals surface area contributed by atoms with Crippen LogP contribution >= 0.6 is 34.8 Å². The maximum Gasteiger partial charge on any atom is 0.231 e. The molecule has 0 spiro atoms. The number of hydrogen-bond acceptors (Lipinski definition) is 5. The van der Waals surface area contributed by atoms with Crippen molar-refractivity contribution >= 4 is 46.1 Å². The fraction of sp³-hybridized carbons (Fsp3) is 0.333. The van der Waals surface area contributed by atoms with Crippen molar-refractivity contribution in [2.24, 2.45) is 0 Å². The first-order valence-corrected chi connectivity index (χ1v) is 10.5. The summed E-state index contributed by atoms with van der Waals surface area (Å²) in [6.07, 6.45) is 0.807. The number of hydrogen-bond donors (Lipinski definition) is 0. The molecule has 0 fully saturated rings. The molecule has 0 aromatic heterocycles. The number of ether oxygens (including phenoxy) is 4. The molecule has 4 aliphatic rings. The lowest BCUT2D eigenvalue weighted by Gasteiger charge is -2.47. The monoisotopic (exact) mass is 451 g/mol. The molecule has 0 aliphatic carbocycles. The van der Waals surface area contributed by atoms with Gasteiger partial charge in [-0.25, -0.2) is 0 Å². The molecule has 0 saturated carbocycles. The summed E-state index contributed by atoms with van der Waals surface area (Å²) in [6.45, 7) is 3.21. The molecule has 5 nitrogen and oxygen atoms in total. The van der Waals surface area contributed by atoms with Gasteiger partial charge >= 0.3 is 0 Å². The Hall–Kier alpha value is -1.95. The van der Waals surface area contributed by atoms with Gasteiger partial charge in [-0.1, -0.05) is 40.9 Å². The van der Waals surface area contributed by atoms with E-state index in [1.807, 2.05) is 18.2 Å². The van der Waals surface area contributed by atoms with E-state index in [4.69, 9.17) is 53.8 Å². The van der Waals surface area contributed by atoms with Crippen molar-refractivity contribution in [3.63, 3.8) is 0 Å². The van der Waals surface area contributed by atoms with Crippen LogP contribution in [0.1, 0.15) is 35.2 Å². The molecule has 0 radical (unpaired) electrons. The molecule has 1 atom stereocenters. The van der Waals surface area contributed by atoms with Crippen LogP contribution in [0, 0.1) is 0 Å². The van der Waals surface area contributed by atoms with Crippen molar-refractivity contribution in [1.29, 1.82) is 0 Å². The van der Waals surface area contributed by atoms with Gasteiger partial charge in [0, 0.05) is 23.4 Å². The molecule has 4 aliphatic heterocycles. The van der Waals surface area contributed by atoms with Gasteiger partial charge in [-0.2, -0.15) is 0 Å². The van der Waals surface area contributed by atoms with Crippen molar-refractivity contribution in [3.05, 3.63) is 46.5 Å². The minimum Gasteiger partial charge on any atom is -0.454 e. The van der Waals surface area contributed by atoms with Crippen molar-refractivity contribution in [2.75, 3.05) is 20.1 Å². The molecule has 2 aromatic rings. The summed E-state index contributed by atoms with van der Waals surface area (Å²) in [5.41, 5.74) is 6.30. The second-order valence-electron chi connectivity index (χ2n) is 7.48. The smallest absolute Gasteiger partial charge is 0.231 e. The molecule has 2 aromatic carbocycles. The standard InChI is InChI=1S/C21H16Cl3NO4/c1-10-12-2-3-14-19(29-9-26-14)17(12)20(21(22,23)24)25-5-4-11-6-15-16(28-8-27-15)7-13(11)18(10)25/h2-3,6-7,20H,4-5,8-9H2,1H3. The number of allylic oxidation sites excluding steroid dienone is 1. The van der Waals surface area contributed by atoms with Crippen LogP contribution in [-0.2, 0) is 6.42 Å². The number of nitrogens with zero attached hydrogens (tertiary/aromatic N) is 1. The van der Waals surface area contributed by atoms with Crippen molar-refractivity contribution in [1.82, 2.24) is 4.90 Å². The fourth-order valence-electron chi connectivity index (χ4n) is 4.81. The normalized spacial score (nSPS) is 21.1. The lowest BCUT2D eigenvalue weighted by Crippen LogP contribution is -2.42. The number of alkyl halides is 3. The van der Waals surface area contributed by atoms with E-state index in [1.165, 1.54) is 5.56 Å². The van der Waals surface area contributed by atoms with Crippen LogP contribution in [-0.4, -0.2) is 28.8 Å². The van der Waals surface area contributed by atoms with E-state index < -0.39 is 9.83 Å². The van der Waals surface area contributed by atoms with E-state index in [1.54, 1.807) is 0 Å². The number of rotatable bonds is 0. The molecule has 4 heterocycles. The zero-order chi connectivity index (χ0) is 19.9. The van der Waals surface area contributed by atoms with Crippen LogP contribution in [0.5, 0.6) is 23.0 Å². The summed E-state index contributed by atoms with van der Waals surface area (Å²) >= 11 is 19.7. The van der Waals surface area contributed by atoms with Crippen LogP contribution in [0.2, 0.25) is 0 Å². The largest absolute Gasteiger partial charge is 0.454 e. The molecule has 0 amide bonds. The molecular weight excluding hydrogens is 437 g/mol. The van der Waals surface area contributed by atoms with Crippen LogP contribution in [0.15, 0.2) is 24.3 Å². The van der Waals surface area contributed by atoms with Crippen LogP contribution in [0.3, 0.4) is 0 Å². The first-order chi connectivity index (χ1) is 13.9. The molecule has 0 N–H and O–H groups in total. The zero-order valence-electron chi connectivity index (χ0n) is 15.4. The van der Waals surface area contributed by atoms with E-state index in [2.05, 4.69) is 17.9 Å². The summed E-state index contributed by atoms with van der Waals surface area (Å²) in [7, 11) is 0. The van der Waals surface area contributed by atoms with Gasteiger partial charge in [0.2, 0.25) is 17.4 Å². The SMILES string of the molecule is CC1=C2c3cc4c(cc3CCN2C(C(Cl)(Cl)Cl)c2c1ccc1c2OCO1)OCO4. The fourth-order valence-corrected chi connectivity index (χ4v) is 5.49. The Morgan fingerprint density at radius 2 is 1.66 bits per heavy atom. The summed E-state index contributed by atoms with van der Waals surface area (Å²) < 4.78 is 21.0. The molecule has 29 heavy (non-hydrogen) atoms. The first kappa shape index (κ1) is 17.9. The number of fused-ring (bicyclic) bond motifs is 7. The predicted octanol–water partition coefficient (Wildman–Crippen LogP) is 5.32. The Labute approximate surface area is 182 Å². The maximum absolute atomic E-state index is 6.56. The lowest BCUT2D eigenvalue weighted by atomic mass is 9.82. The molecule has 1 unspecified atom stereocenters. The highest BCUT2D eigenvalue weighted by atomic mass is 35.6. The van der Waals surface area contributed by atoms with E-state index >= 15 is 0 Å². The Morgan fingerprint density at radius 3 is 2.45 bits per heavy atom. The quantitative estimate of drug-likeness (QED) is 0.506. The summed E-state index contributed by atoms with van der Waals surface area (Å²) in [4.78, 5) is 2.18. The van der Waals surface area contributed by atoms with Gasteiger partial charge in [0.05, 0.1) is 0 Å². The van der Waals surface area contributed by atoms with E-state index in [-0.39, 0.29) is 13.6 Å². The Morgan fingerprint density at radius 1 is 0.931 bits per heavy atom. The maximum atomic E-state index is 6.56. The Kier molecular flexibility index (Phi) is 3.72. The lowest BCUT2D eigenvalue weighted by molar-refractivity contribution is 0.171. The van der Waals surface area contributed by atoms with Crippen molar-refractivity contribution in [2.45, 2.75) is 23.2 Å². The van der Waals surface area contributed by atoms with E-state index in [0.717, 1.165) is 45.9 Å². The summed E-state index contributed by atoms with van der Waals surface area (Å²) in [5.74, 6) is 2.87. The third kappa shape index (κ3) is 2.47. The Balaban J connectivity index is 1.64. The second-order valence-corrected chi connectivity index (χ2v) is 9.85. The summed E-state index contributed by atoms with van der Waals surface area (Å²) in [6, 6.07) is 7.54. The van der Waals surface area contributed by atoms with Crippen molar-refractivity contribution in [3.8, 4) is 23.0 Å². The summed E-state index contributed by atoms with van der Waals surface area (Å²) in [5, 5.41) is 0. The van der Waals surface area contributed by atoms with Gasteiger partial charge in [-0.05, 0) is 48.2 Å².